The largest absolute Gasteiger partial charge is 0.501 e. The monoisotopic (exact) mass is 166 g/mol. The van der Waals surface area contributed by atoms with Crippen molar-refractivity contribution < 1.29 is 4.74 Å². The van der Waals surface area contributed by atoms with E-state index in [9.17, 15) is 0 Å². The Morgan fingerprint density at radius 2 is 2.08 bits per heavy atom. The molecule has 0 aromatic carbocycles. The molecule has 0 amide bonds. The summed E-state index contributed by atoms with van der Waals surface area (Å²) in [7, 11) is 1.76. The van der Waals surface area contributed by atoms with Crippen molar-refractivity contribution in [1.82, 2.24) is 0 Å². The average molecular weight is 166 g/mol. The van der Waals surface area contributed by atoms with Crippen LogP contribution in [0.3, 0.4) is 0 Å². The number of hydrogen-bond donors (Lipinski definition) is 0. The molecule has 1 aliphatic carbocycles. The lowest BCUT2D eigenvalue weighted by atomic mass is 10.0. The molecule has 1 aliphatic rings. The summed E-state index contributed by atoms with van der Waals surface area (Å²) >= 11 is 0. The van der Waals surface area contributed by atoms with Crippen LogP contribution in [-0.2, 0) is 4.74 Å². The summed E-state index contributed by atoms with van der Waals surface area (Å²) in [6, 6.07) is 0. The van der Waals surface area contributed by atoms with Gasteiger partial charge in [0.15, 0.2) is 0 Å². The normalized spacial score (nSPS) is 21.8. The van der Waals surface area contributed by atoms with E-state index < -0.39 is 0 Å². The topological polar surface area (TPSA) is 9.23 Å². The molecule has 0 saturated heterocycles. The first-order chi connectivity index (χ1) is 5.66. The van der Waals surface area contributed by atoms with E-state index >= 15 is 0 Å². The van der Waals surface area contributed by atoms with Crippen LogP contribution in [-0.4, -0.2) is 7.11 Å². The minimum atomic E-state index is 0.486. The van der Waals surface area contributed by atoms with Crippen LogP contribution in [0.4, 0.5) is 0 Å². The molecule has 1 nitrogen and oxygen atoms in total. The summed E-state index contributed by atoms with van der Waals surface area (Å²) in [5.41, 5.74) is 2.65. The Hall–Kier alpha value is -0.720. The molecule has 0 atom stereocenters. The number of allylic oxidation sites excluding steroid dienone is 3. The maximum absolute atomic E-state index is 5.38. The van der Waals surface area contributed by atoms with E-state index in [-0.39, 0.29) is 0 Å². The number of methoxy groups -OCH3 is 1. The Balaban J connectivity index is 2.91. The van der Waals surface area contributed by atoms with Gasteiger partial charge < -0.3 is 4.74 Å². The van der Waals surface area contributed by atoms with Gasteiger partial charge in [0.1, 0.15) is 5.76 Å². The number of rotatable bonds is 2. The smallest absolute Gasteiger partial charge is 0.101 e. The lowest BCUT2D eigenvalue weighted by Crippen LogP contribution is -2.00. The third-order valence-electron chi connectivity index (χ3n) is 2.37. The minimum Gasteiger partial charge on any atom is -0.501 e. The molecule has 1 heteroatoms. The van der Waals surface area contributed by atoms with Gasteiger partial charge in [-0.1, -0.05) is 20.4 Å². The number of ether oxygens (including phenoxy) is 1. The standard InChI is InChI=1S/C11H18O/c1-8(2)11(12-4)10-7-5-6-9(10)3/h8H,3,5-7H2,1-2,4H3/b11-10-. The maximum Gasteiger partial charge on any atom is 0.101 e. The van der Waals surface area contributed by atoms with Crippen molar-refractivity contribution in [1.29, 1.82) is 0 Å². The number of hydrogen-bond acceptors (Lipinski definition) is 1. The molecule has 0 aromatic rings. The second-order valence-electron chi connectivity index (χ2n) is 3.66. The van der Waals surface area contributed by atoms with Gasteiger partial charge in [0, 0.05) is 5.92 Å². The molecule has 1 rings (SSSR count). The third kappa shape index (κ3) is 1.71. The summed E-state index contributed by atoms with van der Waals surface area (Å²) in [6.45, 7) is 8.38. The van der Waals surface area contributed by atoms with Crippen LogP contribution < -0.4 is 0 Å². The fourth-order valence-electron chi connectivity index (χ4n) is 1.81. The predicted molar refractivity (Wildman–Crippen MR) is 51.9 cm³/mol. The van der Waals surface area contributed by atoms with Gasteiger partial charge in [-0.05, 0) is 30.4 Å². The highest BCUT2D eigenvalue weighted by Gasteiger charge is 2.18. The van der Waals surface area contributed by atoms with Gasteiger partial charge in [-0.3, -0.25) is 0 Å². The SMILES string of the molecule is C=C1CCC/C1=C(/OC)C(C)C. The Kier molecular flexibility index (Phi) is 2.96. The fourth-order valence-corrected chi connectivity index (χ4v) is 1.81. The molecule has 0 aromatic heterocycles. The van der Waals surface area contributed by atoms with E-state index in [1.165, 1.54) is 17.6 Å². The minimum absolute atomic E-state index is 0.486. The molecule has 12 heavy (non-hydrogen) atoms. The van der Waals surface area contributed by atoms with Gasteiger partial charge in [0.05, 0.1) is 7.11 Å². The van der Waals surface area contributed by atoms with E-state index in [1.54, 1.807) is 7.11 Å². The molecule has 1 saturated carbocycles. The van der Waals surface area contributed by atoms with Gasteiger partial charge >= 0.3 is 0 Å². The zero-order chi connectivity index (χ0) is 9.14. The second-order valence-corrected chi connectivity index (χ2v) is 3.66. The van der Waals surface area contributed by atoms with Crippen LogP contribution in [0.1, 0.15) is 33.1 Å². The maximum atomic E-state index is 5.38. The molecule has 0 unspecified atom stereocenters. The summed E-state index contributed by atoms with van der Waals surface area (Å²) < 4.78 is 5.38. The van der Waals surface area contributed by atoms with E-state index in [0.29, 0.717) is 5.92 Å². The van der Waals surface area contributed by atoms with Crippen molar-refractivity contribution in [3.8, 4) is 0 Å². The van der Waals surface area contributed by atoms with E-state index in [0.717, 1.165) is 18.6 Å². The van der Waals surface area contributed by atoms with Crippen molar-refractivity contribution in [2.75, 3.05) is 7.11 Å². The van der Waals surface area contributed by atoms with Crippen molar-refractivity contribution in [2.45, 2.75) is 33.1 Å². The second kappa shape index (κ2) is 3.79. The van der Waals surface area contributed by atoms with Crippen molar-refractivity contribution >= 4 is 0 Å². The Morgan fingerprint density at radius 1 is 1.42 bits per heavy atom. The summed E-state index contributed by atoms with van der Waals surface area (Å²) in [5, 5.41) is 0. The molecule has 0 aliphatic heterocycles. The van der Waals surface area contributed by atoms with Crippen LogP contribution >= 0.6 is 0 Å². The molecular weight excluding hydrogens is 148 g/mol. The molecule has 0 spiro atoms. The molecule has 0 radical (unpaired) electrons. The first-order valence-corrected chi connectivity index (χ1v) is 4.62. The van der Waals surface area contributed by atoms with Crippen molar-refractivity contribution in [3.05, 3.63) is 23.5 Å². The molecule has 0 N–H and O–H groups in total. The summed E-state index contributed by atoms with van der Waals surface area (Å²) in [5.74, 6) is 1.62. The van der Waals surface area contributed by atoms with Gasteiger partial charge in [-0.25, -0.2) is 0 Å². The Morgan fingerprint density at radius 3 is 2.42 bits per heavy atom. The highest BCUT2D eigenvalue weighted by Crippen LogP contribution is 2.33. The Bertz CT molecular complexity index is 211. The molecule has 0 heterocycles. The predicted octanol–water partition coefficient (Wildman–Crippen LogP) is 3.28. The van der Waals surface area contributed by atoms with E-state index in [4.69, 9.17) is 4.74 Å². The van der Waals surface area contributed by atoms with Crippen LogP contribution in [0.15, 0.2) is 23.5 Å². The fraction of sp³-hybridized carbons (Fsp3) is 0.636. The average Bonchev–Trinajstić information content (AvgIpc) is 2.38. The van der Waals surface area contributed by atoms with E-state index in [1.807, 2.05) is 0 Å². The van der Waals surface area contributed by atoms with E-state index in [2.05, 4.69) is 20.4 Å². The first-order valence-electron chi connectivity index (χ1n) is 4.62. The zero-order valence-electron chi connectivity index (χ0n) is 8.31. The molecule has 68 valence electrons. The van der Waals surface area contributed by atoms with Gasteiger partial charge in [-0.2, -0.15) is 0 Å². The Labute approximate surface area is 75.1 Å². The third-order valence-corrected chi connectivity index (χ3v) is 2.37. The molecule has 1 fully saturated rings. The highest BCUT2D eigenvalue weighted by molar-refractivity contribution is 5.35. The molecule has 0 bridgehead atoms. The highest BCUT2D eigenvalue weighted by atomic mass is 16.5. The van der Waals surface area contributed by atoms with Gasteiger partial charge in [0.25, 0.3) is 0 Å². The molecular formula is C11H18O. The first kappa shape index (κ1) is 9.37. The van der Waals surface area contributed by atoms with Gasteiger partial charge in [-0.15, -0.1) is 0 Å². The van der Waals surface area contributed by atoms with Crippen LogP contribution in [0, 0.1) is 5.92 Å². The van der Waals surface area contributed by atoms with Crippen molar-refractivity contribution in [3.63, 3.8) is 0 Å². The van der Waals surface area contributed by atoms with Crippen LogP contribution in [0.5, 0.6) is 0 Å². The van der Waals surface area contributed by atoms with Gasteiger partial charge in [0.2, 0.25) is 0 Å². The van der Waals surface area contributed by atoms with Crippen LogP contribution in [0.2, 0.25) is 0 Å². The van der Waals surface area contributed by atoms with Crippen LogP contribution in [0.25, 0.3) is 0 Å². The lowest BCUT2D eigenvalue weighted by molar-refractivity contribution is 0.249. The quantitative estimate of drug-likeness (QED) is 0.572. The van der Waals surface area contributed by atoms with Crippen molar-refractivity contribution in [2.24, 2.45) is 5.92 Å². The summed E-state index contributed by atoms with van der Waals surface area (Å²) in [6.07, 6.45) is 3.54. The zero-order valence-corrected chi connectivity index (χ0v) is 8.31. The summed E-state index contributed by atoms with van der Waals surface area (Å²) in [4.78, 5) is 0. The lowest BCUT2D eigenvalue weighted by Gasteiger charge is -2.14.